The van der Waals surface area contributed by atoms with Crippen LogP contribution in [0.25, 0.3) is 0 Å². The van der Waals surface area contributed by atoms with Crippen molar-refractivity contribution < 1.29 is 3.02 Å². The molecule has 0 atom stereocenters. The van der Waals surface area contributed by atoms with Crippen molar-refractivity contribution in [3.63, 3.8) is 0 Å². The zero-order valence-electron chi connectivity index (χ0n) is 5.98. The molecule has 0 aliphatic heterocycles. The minimum atomic E-state index is -2.49. The zero-order chi connectivity index (χ0) is 6.62. The van der Waals surface area contributed by atoms with Gasteiger partial charge in [0.25, 0.3) is 0 Å². The predicted octanol–water partition coefficient (Wildman–Crippen LogP) is 2.42. The molecular formula is C6H15OSb. The van der Waals surface area contributed by atoms with Crippen LogP contribution in [0.5, 0.6) is 0 Å². The molecule has 0 amide bonds. The van der Waals surface area contributed by atoms with Crippen LogP contribution in [0.4, 0.5) is 0 Å². The van der Waals surface area contributed by atoms with Crippen LogP contribution >= 0.6 is 0 Å². The van der Waals surface area contributed by atoms with E-state index in [9.17, 15) is 3.02 Å². The molecule has 0 fully saturated rings. The van der Waals surface area contributed by atoms with Crippen molar-refractivity contribution in [2.75, 3.05) is 0 Å². The molecule has 0 heterocycles. The van der Waals surface area contributed by atoms with Gasteiger partial charge in [0, 0.05) is 0 Å². The Hall–Kier alpha value is 0.618. The topological polar surface area (TPSA) is 17.1 Å². The van der Waals surface area contributed by atoms with Crippen molar-refractivity contribution in [2.24, 2.45) is 0 Å². The average molecular weight is 225 g/mol. The summed E-state index contributed by atoms with van der Waals surface area (Å²) >= 11 is -2.49. The van der Waals surface area contributed by atoms with Gasteiger partial charge in [-0.3, -0.25) is 0 Å². The van der Waals surface area contributed by atoms with Gasteiger partial charge in [-0.25, -0.2) is 0 Å². The van der Waals surface area contributed by atoms with Crippen molar-refractivity contribution in [2.45, 2.75) is 33.9 Å². The van der Waals surface area contributed by atoms with E-state index in [1.807, 2.05) is 20.8 Å². The summed E-state index contributed by atoms with van der Waals surface area (Å²) in [5.41, 5.74) is 0. The van der Waals surface area contributed by atoms with Crippen LogP contribution in [0, 0.1) is 0 Å². The molecule has 0 rings (SSSR count). The summed E-state index contributed by atoms with van der Waals surface area (Å²) < 4.78 is 14.3. The third kappa shape index (κ3) is 2.26. The molecule has 0 unspecified atom stereocenters. The summed E-state index contributed by atoms with van der Waals surface area (Å²) in [6.45, 7) is 6.14. The first-order valence-corrected chi connectivity index (χ1v) is 9.71. The first-order chi connectivity index (χ1) is 3.68. The van der Waals surface area contributed by atoms with Crippen LogP contribution in [0.3, 0.4) is 0 Å². The van der Waals surface area contributed by atoms with Gasteiger partial charge >= 0.3 is 55.7 Å². The van der Waals surface area contributed by atoms with Gasteiger partial charge in [0.1, 0.15) is 0 Å². The second-order valence-electron chi connectivity index (χ2n) is 2.01. The number of hydrogen-bond donors (Lipinski definition) is 0. The van der Waals surface area contributed by atoms with Crippen LogP contribution in [-0.2, 0) is 3.02 Å². The van der Waals surface area contributed by atoms with Crippen molar-refractivity contribution in [3.8, 4) is 0 Å². The van der Waals surface area contributed by atoms with E-state index in [-0.39, 0.29) is 0 Å². The average Bonchev–Trinajstić information content (AvgIpc) is 1.87. The van der Waals surface area contributed by atoms with Gasteiger partial charge in [0.2, 0.25) is 0 Å². The van der Waals surface area contributed by atoms with E-state index in [1.165, 1.54) is 0 Å². The maximum atomic E-state index is 11.4. The van der Waals surface area contributed by atoms with Gasteiger partial charge in [-0.05, 0) is 0 Å². The first kappa shape index (κ1) is 8.62. The Kier molecular flexibility index (Phi) is 3.89. The van der Waals surface area contributed by atoms with Crippen molar-refractivity contribution in [1.29, 1.82) is 0 Å². The van der Waals surface area contributed by atoms with E-state index < -0.39 is 18.8 Å². The first-order valence-electron chi connectivity index (χ1n) is 3.25. The normalized spacial score (nSPS) is 11.9. The minimum absolute atomic E-state index is 0.964. The summed E-state index contributed by atoms with van der Waals surface area (Å²) in [7, 11) is 0. The molecule has 0 aliphatic rings. The molecule has 50 valence electrons. The standard InChI is InChI=1S/3C2H5.O.Sb/c3*1-2;;/h3*1H2,2H3;;. The molecule has 0 aromatic heterocycles. The van der Waals surface area contributed by atoms with Gasteiger partial charge in [-0.1, -0.05) is 0 Å². The van der Waals surface area contributed by atoms with E-state index in [0.717, 1.165) is 13.1 Å². The fourth-order valence-corrected chi connectivity index (χ4v) is 4.50. The van der Waals surface area contributed by atoms with Crippen molar-refractivity contribution in [1.82, 2.24) is 0 Å². The van der Waals surface area contributed by atoms with E-state index >= 15 is 0 Å². The van der Waals surface area contributed by atoms with Gasteiger partial charge < -0.3 is 0 Å². The quantitative estimate of drug-likeness (QED) is 0.674. The van der Waals surface area contributed by atoms with Gasteiger partial charge in [-0.15, -0.1) is 0 Å². The zero-order valence-corrected chi connectivity index (χ0v) is 8.53. The Morgan fingerprint density at radius 1 is 1.00 bits per heavy atom. The van der Waals surface area contributed by atoms with Crippen LogP contribution in [0.1, 0.15) is 20.8 Å². The molecular weight excluding hydrogens is 210 g/mol. The molecule has 2 heteroatoms. The summed E-state index contributed by atoms with van der Waals surface area (Å²) in [6.07, 6.45) is 0. The number of rotatable bonds is 3. The molecule has 0 N–H and O–H groups in total. The molecule has 0 bridgehead atoms. The summed E-state index contributed by atoms with van der Waals surface area (Å²) in [5.74, 6) is 0. The third-order valence-electron chi connectivity index (χ3n) is 1.73. The molecule has 0 spiro atoms. The van der Waals surface area contributed by atoms with Gasteiger partial charge in [0.05, 0.1) is 0 Å². The second kappa shape index (κ2) is 3.61. The fraction of sp³-hybridized carbons (Fsp3) is 1.00. The van der Waals surface area contributed by atoms with Gasteiger partial charge in [0.15, 0.2) is 0 Å². The maximum absolute atomic E-state index is 11.4. The van der Waals surface area contributed by atoms with E-state index in [1.54, 1.807) is 0 Å². The summed E-state index contributed by atoms with van der Waals surface area (Å²) in [5, 5.41) is 0. The Balaban J connectivity index is 3.79. The van der Waals surface area contributed by atoms with Crippen LogP contribution in [-0.4, -0.2) is 18.8 Å². The molecule has 0 aromatic carbocycles. The van der Waals surface area contributed by atoms with Gasteiger partial charge in [-0.2, -0.15) is 0 Å². The molecule has 0 saturated carbocycles. The molecule has 0 aliphatic carbocycles. The summed E-state index contributed by atoms with van der Waals surface area (Å²) in [6, 6.07) is 0. The molecule has 0 aromatic rings. The molecule has 0 radical (unpaired) electrons. The Morgan fingerprint density at radius 2 is 1.25 bits per heavy atom. The SMILES string of the molecule is C[CH2][Sb](=[O])([CH2]C)[CH2]C. The van der Waals surface area contributed by atoms with E-state index in [2.05, 4.69) is 0 Å². The molecule has 8 heavy (non-hydrogen) atoms. The fourth-order valence-electron chi connectivity index (χ4n) is 0.671. The molecule has 0 saturated heterocycles. The van der Waals surface area contributed by atoms with E-state index in [4.69, 9.17) is 0 Å². The number of hydrogen-bond acceptors (Lipinski definition) is 1. The third-order valence-corrected chi connectivity index (χ3v) is 11.6. The van der Waals surface area contributed by atoms with E-state index in [0.29, 0.717) is 0 Å². The molecule has 1 nitrogen and oxygen atoms in total. The monoisotopic (exact) mass is 224 g/mol. The second-order valence-corrected chi connectivity index (χ2v) is 13.5. The predicted molar refractivity (Wildman–Crippen MR) is 37.9 cm³/mol. The van der Waals surface area contributed by atoms with Crippen molar-refractivity contribution >= 4 is 18.8 Å². The Morgan fingerprint density at radius 3 is 1.25 bits per heavy atom. The van der Waals surface area contributed by atoms with Crippen molar-refractivity contribution in [3.05, 3.63) is 0 Å². The Bertz CT molecular complexity index is 79.7. The van der Waals surface area contributed by atoms with Crippen LogP contribution in [0.15, 0.2) is 0 Å². The Labute approximate surface area is 55.9 Å². The van der Waals surface area contributed by atoms with Crippen LogP contribution in [0.2, 0.25) is 13.1 Å². The summed E-state index contributed by atoms with van der Waals surface area (Å²) in [4.78, 5) is 0. The van der Waals surface area contributed by atoms with Crippen LogP contribution < -0.4 is 0 Å².